The van der Waals surface area contributed by atoms with Crippen molar-refractivity contribution < 1.29 is 37.6 Å². The number of ether oxygens (including phenoxy) is 2. The number of carbonyl (C=O) groups excluding carboxylic acids is 2. The van der Waals surface area contributed by atoms with Gasteiger partial charge in [-0.2, -0.15) is 0 Å². The van der Waals surface area contributed by atoms with Crippen LogP contribution in [0.3, 0.4) is 0 Å². The molecule has 0 amide bonds. The molecule has 0 spiro atoms. The van der Waals surface area contributed by atoms with Gasteiger partial charge in [0.25, 0.3) is 0 Å². The number of imidazole rings is 1. The van der Waals surface area contributed by atoms with E-state index in [1.807, 2.05) is 37.3 Å². The van der Waals surface area contributed by atoms with Crippen LogP contribution in [0.1, 0.15) is 42.4 Å². The topological polar surface area (TPSA) is 70.4 Å². The van der Waals surface area contributed by atoms with Gasteiger partial charge in [-0.15, -0.1) is 0 Å². The third kappa shape index (κ3) is 4.98. The number of hydrogen-bond donors (Lipinski definition) is 0. The molecule has 0 unspecified atom stereocenters. The monoisotopic (exact) mass is 367 g/mol. The van der Waals surface area contributed by atoms with E-state index in [0.29, 0.717) is 5.69 Å². The van der Waals surface area contributed by atoms with Gasteiger partial charge in [0.15, 0.2) is 0 Å². The largest absolute Gasteiger partial charge is 0.469 e. The van der Waals surface area contributed by atoms with Crippen LogP contribution in [0.4, 0.5) is 0 Å². The quantitative estimate of drug-likeness (QED) is 0.734. The molecular formula is C17H20N2O4V. The van der Waals surface area contributed by atoms with Gasteiger partial charge < -0.3 is 14.0 Å². The summed E-state index contributed by atoms with van der Waals surface area (Å²) in [5.74, 6) is -0.932. The zero-order valence-electron chi connectivity index (χ0n) is 13.9. The second-order valence-electron chi connectivity index (χ2n) is 5.27. The molecule has 2 aromatic rings. The Morgan fingerprint density at radius 2 is 1.88 bits per heavy atom. The normalized spacial score (nSPS) is 12.6. The Bertz CT molecular complexity index is 672. The van der Waals surface area contributed by atoms with Crippen LogP contribution in [0.5, 0.6) is 0 Å². The van der Waals surface area contributed by atoms with Gasteiger partial charge in [0.1, 0.15) is 11.8 Å². The molecule has 0 bridgehead atoms. The minimum absolute atomic E-state index is 0. The molecule has 1 aromatic heterocycles. The van der Waals surface area contributed by atoms with E-state index in [4.69, 9.17) is 4.74 Å². The maximum atomic E-state index is 12.3. The average Bonchev–Trinajstić information content (AvgIpc) is 3.04. The van der Waals surface area contributed by atoms with Gasteiger partial charge in [0.05, 0.1) is 32.1 Å². The summed E-state index contributed by atoms with van der Waals surface area (Å²) < 4.78 is 11.6. The SMILES string of the molecule is COC(=O)C[C@@H](C)OC(=O)c1cncn1[C@H](C)c1ccccc1.[V]. The molecule has 1 aromatic carbocycles. The van der Waals surface area contributed by atoms with Crippen molar-refractivity contribution in [1.29, 1.82) is 0 Å². The molecule has 24 heavy (non-hydrogen) atoms. The van der Waals surface area contributed by atoms with Crippen molar-refractivity contribution in [3.8, 4) is 0 Å². The molecule has 0 saturated carbocycles. The summed E-state index contributed by atoms with van der Waals surface area (Å²) in [6.07, 6.45) is 2.52. The minimum atomic E-state index is -0.565. The zero-order chi connectivity index (χ0) is 16.8. The molecule has 1 heterocycles. The van der Waals surface area contributed by atoms with Crippen molar-refractivity contribution in [2.24, 2.45) is 0 Å². The van der Waals surface area contributed by atoms with Crippen LogP contribution >= 0.6 is 0 Å². The molecule has 0 aliphatic carbocycles. The number of rotatable bonds is 6. The first-order valence-electron chi connectivity index (χ1n) is 7.37. The number of aromatic nitrogens is 2. The maximum absolute atomic E-state index is 12.3. The first-order chi connectivity index (χ1) is 11.0. The Balaban J connectivity index is 0.00000288. The average molecular weight is 367 g/mol. The number of benzene rings is 1. The summed E-state index contributed by atoms with van der Waals surface area (Å²) in [7, 11) is 1.30. The summed E-state index contributed by atoms with van der Waals surface area (Å²) in [6.45, 7) is 3.63. The van der Waals surface area contributed by atoms with Gasteiger partial charge in [0.2, 0.25) is 0 Å². The number of methoxy groups -OCH3 is 1. The first-order valence-corrected chi connectivity index (χ1v) is 7.37. The molecule has 2 atom stereocenters. The molecule has 6 nitrogen and oxygen atoms in total. The van der Waals surface area contributed by atoms with Crippen LogP contribution in [-0.4, -0.2) is 34.7 Å². The van der Waals surface area contributed by atoms with Crippen molar-refractivity contribution in [3.05, 3.63) is 54.1 Å². The van der Waals surface area contributed by atoms with Crippen LogP contribution < -0.4 is 0 Å². The molecule has 2 rings (SSSR count). The van der Waals surface area contributed by atoms with Crippen molar-refractivity contribution in [2.45, 2.75) is 32.4 Å². The first kappa shape index (κ1) is 20.0. The Morgan fingerprint density at radius 3 is 2.50 bits per heavy atom. The fourth-order valence-electron chi connectivity index (χ4n) is 2.27. The van der Waals surface area contributed by atoms with Gasteiger partial charge in [-0.05, 0) is 19.4 Å². The summed E-state index contributed by atoms with van der Waals surface area (Å²) >= 11 is 0. The number of carbonyl (C=O) groups is 2. The van der Waals surface area contributed by atoms with E-state index in [1.165, 1.54) is 13.3 Å². The van der Waals surface area contributed by atoms with Crippen LogP contribution in [-0.2, 0) is 32.8 Å². The van der Waals surface area contributed by atoms with Gasteiger partial charge in [-0.3, -0.25) is 4.79 Å². The standard InChI is InChI=1S/C17H20N2O4.V/c1-12(9-16(20)22-3)23-17(21)15-10-18-11-19(15)13(2)14-7-5-4-6-8-14;/h4-8,10-13H,9H2,1-3H3;/t12-,13-;/m1./s1. The predicted octanol–water partition coefficient (Wildman–Crippen LogP) is 2.60. The van der Waals surface area contributed by atoms with E-state index < -0.39 is 18.0 Å². The van der Waals surface area contributed by atoms with E-state index in [2.05, 4.69) is 9.72 Å². The molecule has 0 fully saturated rings. The molecule has 0 N–H and O–H groups in total. The van der Waals surface area contributed by atoms with E-state index in [9.17, 15) is 9.59 Å². The van der Waals surface area contributed by atoms with Gasteiger partial charge >= 0.3 is 11.9 Å². The van der Waals surface area contributed by atoms with Crippen molar-refractivity contribution >= 4 is 11.9 Å². The Morgan fingerprint density at radius 1 is 1.21 bits per heavy atom. The maximum Gasteiger partial charge on any atom is 0.356 e. The van der Waals surface area contributed by atoms with Gasteiger partial charge in [0, 0.05) is 18.6 Å². The summed E-state index contributed by atoms with van der Waals surface area (Å²) in [6, 6.07) is 9.74. The summed E-state index contributed by atoms with van der Waals surface area (Å²) in [5, 5.41) is 0. The Kier molecular flexibility index (Phi) is 7.75. The fourth-order valence-corrected chi connectivity index (χ4v) is 2.27. The summed E-state index contributed by atoms with van der Waals surface area (Å²) in [4.78, 5) is 27.6. The molecule has 0 aliphatic rings. The van der Waals surface area contributed by atoms with Crippen molar-refractivity contribution in [3.63, 3.8) is 0 Å². The predicted molar refractivity (Wildman–Crippen MR) is 84.0 cm³/mol. The fraction of sp³-hybridized carbons (Fsp3) is 0.353. The van der Waals surface area contributed by atoms with Gasteiger partial charge in [-0.1, -0.05) is 30.3 Å². The third-order valence-electron chi connectivity index (χ3n) is 3.56. The summed E-state index contributed by atoms with van der Waals surface area (Å²) in [5.41, 5.74) is 1.40. The van der Waals surface area contributed by atoms with Crippen LogP contribution in [0.15, 0.2) is 42.9 Å². The smallest absolute Gasteiger partial charge is 0.356 e. The Labute approximate surface area is 153 Å². The van der Waals surface area contributed by atoms with Crippen molar-refractivity contribution in [2.75, 3.05) is 7.11 Å². The molecule has 7 heteroatoms. The zero-order valence-corrected chi connectivity index (χ0v) is 15.3. The van der Waals surface area contributed by atoms with Crippen LogP contribution in [0.25, 0.3) is 0 Å². The van der Waals surface area contributed by atoms with Crippen LogP contribution in [0.2, 0.25) is 0 Å². The van der Waals surface area contributed by atoms with E-state index >= 15 is 0 Å². The molecule has 1 radical (unpaired) electrons. The number of hydrogen-bond acceptors (Lipinski definition) is 5. The number of esters is 2. The van der Waals surface area contributed by atoms with E-state index in [1.54, 1.807) is 17.8 Å². The molecule has 0 aliphatic heterocycles. The number of nitrogens with zero attached hydrogens (tertiary/aromatic N) is 2. The molecular weight excluding hydrogens is 347 g/mol. The molecule has 127 valence electrons. The second kappa shape index (κ2) is 9.30. The third-order valence-corrected chi connectivity index (χ3v) is 3.56. The van der Waals surface area contributed by atoms with Gasteiger partial charge in [-0.25, -0.2) is 9.78 Å². The minimum Gasteiger partial charge on any atom is -0.469 e. The molecule has 0 saturated heterocycles. The van der Waals surface area contributed by atoms with Crippen molar-refractivity contribution in [1.82, 2.24) is 9.55 Å². The Hall–Kier alpha value is -2.05. The second-order valence-corrected chi connectivity index (χ2v) is 5.27. The van der Waals surface area contributed by atoms with E-state index in [0.717, 1.165) is 5.56 Å². The van der Waals surface area contributed by atoms with E-state index in [-0.39, 0.29) is 31.0 Å². The van der Waals surface area contributed by atoms with Crippen LogP contribution in [0, 0.1) is 0 Å².